The third-order valence-corrected chi connectivity index (χ3v) is 5.23. The fourth-order valence-corrected chi connectivity index (χ4v) is 3.54. The second-order valence-electron chi connectivity index (χ2n) is 7.29. The van der Waals surface area contributed by atoms with E-state index in [9.17, 15) is 19.8 Å². The number of hydrogen-bond acceptors (Lipinski definition) is 8. The number of aromatic hydroxyl groups is 1. The van der Waals surface area contributed by atoms with Crippen LogP contribution in [0.15, 0.2) is 17.1 Å². The van der Waals surface area contributed by atoms with Gasteiger partial charge in [-0.2, -0.15) is 0 Å². The van der Waals surface area contributed by atoms with Crippen molar-refractivity contribution in [3.8, 4) is 11.5 Å². The van der Waals surface area contributed by atoms with Crippen LogP contribution in [-0.4, -0.2) is 88.7 Å². The first kappa shape index (κ1) is 21.1. The maximum absolute atomic E-state index is 12.5. The van der Waals surface area contributed by atoms with E-state index in [1.54, 1.807) is 4.90 Å². The number of hydrogen-bond donors (Lipinski definition) is 5. The summed E-state index contributed by atoms with van der Waals surface area (Å²) in [5.41, 5.74) is -0.0944. The van der Waals surface area contributed by atoms with Gasteiger partial charge in [0.25, 0.3) is 0 Å². The number of likely N-dealkylation sites (tertiary alicyclic amines) is 1. The minimum Gasteiger partial charge on any atom is -0.507 e. The van der Waals surface area contributed by atoms with Crippen molar-refractivity contribution >= 4 is 25.7 Å². The van der Waals surface area contributed by atoms with Gasteiger partial charge in [0.15, 0.2) is 0 Å². The average molecular weight is 405 g/mol. The van der Waals surface area contributed by atoms with Gasteiger partial charge in [-0.1, -0.05) is 6.07 Å². The normalized spacial score (nSPS) is 21.5. The molecule has 2 aliphatic heterocycles. The van der Waals surface area contributed by atoms with Gasteiger partial charge in [-0.25, -0.2) is 4.79 Å². The lowest BCUT2D eigenvalue weighted by Gasteiger charge is -2.40. The summed E-state index contributed by atoms with van der Waals surface area (Å²) < 4.78 is 5.71. The van der Waals surface area contributed by atoms with Crippen LogP contribution in [0.25, 0.3) is 0 Å². The maximum atomic E-state index is 12.5. The molecule has 0 aromatic heterocycles. The molecule has 0 spiro atoms. The molecule has 0 radical (unpaired) electrons. The van der Waals surface area contributed by atoms with Gasteiger partial charge >= 0.3 is 13.1 Å². The van der Waals surface area contributed by atoms with Gasteiger partial charge < -0.3 is 35.2 Å². The Morgan fingerprint density at radius 2 is 2.07 bits per heavy atom. The van der Waals surface area contributed by atoms with Gasteiger partial charge in [0, 0.05) is 6.54 Å². The summed E-state index contributed by atoms with van der Waals surface area (Å²) in [6.45, 7) is 4.76. The number of ether oxygens (including phenoxy) is 1. The molecule has 0 saturated carbocycles. The number of nitrogens with one attached hydrogen (secondary N) is 1. The van der Waals surface area contributed by atoms with Crippen LogP contribution in [0.3, 0.4) is 0 Å². The number of carboxylic acid groups (broad SMARTS) is 1. The van der Waals surface area contributed by atoms with E-state index < -0.39 is 18.8 Å². The van der Waals surface area contributed by atoms with Crippen molar-refractivity contribution in [3.05, 3.63) is 23.3 Å². The van der Waals surface area contributed by atoms with Crippen LogP contribution in [-0.2, 0) is 11.2 Å². The van der Waals surface area contributed by atoms with Gasteiger partial charge in [-0.15, -0.1) is 0 Å². The number of carboxylic acids is 1. The molecule has 156 valence electrons. The first-order valence-electron chi connectivity index (χ1n) is 9.39. The van der Waals surface area contributed by atoms with Crippen molar-refractivity contribution in [1.29, 1.82) is 0 Å². The van der Waals surface area contributed by atoms with E-state index in [0.717, 1.165) is 0 Å². The molecule has 2 aliphatic rings. The average Bonchev–Trinajstić information content (AvgIpc) is 3.11. The second kappa shape index (κ2) is 8.81. The highest BCUT2D eigenvalue weighted by molar-refractivity contribution is 6.41. The van der Waals surface area contributed by atoms with E-state index in [2.05, 4.69) is 17.0 Å². The molecule has 2 atom stereocenters. The highest BCUT2D eigenvalue weighted by Crippen LogP contribution is 2.34. The number of amides is 1. The lowest BCUT2D eigenvalue weighted by Crippen LogP contribution is -2.59. The van der Waals surface area contributed by atoms with E-state index in [1.165, 1.54) is 12.1 Å². The Morgan fingerprint density at radius 3 is 2.66 bits per heavy atom. The number of aryl methyl sites for hydroxylation is 1. The van der Waals surface area contributed by atoms with Crippen LogP contribution in [0, 0.1) is 0 Å². The van der Waals surface area contributed by atoms with Gasteiger partial charge in [-0.05, 0) is 37.5 Å². The molecule has 11 heteroatoms. The number of aliphatic imine (C=N–C) groups is 1. The molecule has 0 unspecified atom stereocenters. The van der Waals surface area contributed by atoms with Crippen LogP contribution in [0.4, 0.5) is 0 Å². The number of carbonyl (C=O) groups excluding carboxylic acids is 1. The summed E-state index contributed by atoms with van der Waals surface area (Å²) in [6.07, 6.45) is 0.288. The Balaban J connectivity index is 1.61. The quantitative estimate of drug-likeness (QED) is 0.276. The summed E-state index contributed by atoms with van der Waals surface area (Å²) in [4.78, 5) is 29.6. The minimum atomic E-state index is -1.55. The van der Waals surface area contributed by atoms with Crippen LogP contribution in [0.5, 0.6) is 11.5 Å². The lowest BCUT2D eigenvalue weighted by molar-refractivity contribution is -0.142. The van der Waals surface area contributed by atoms with Crippen molar-refractivity contribution in [2.75, 3.05) is 19.6 Å². The molecule has 29 heavy (non-hydrogen) atoms. The Morgan fingerprint density at radius 1 is 1.34 bits per heavy atom. The summed E-state index contributed by atoms with van der Waals surface area (Å²) in [5.74, 6) is -1.85. The van der Waals surface area contributed by atoms with E-state index in [4.69, 9.17) is 14.8 Å². The van der Waals surface area contributed by atoms with E-state index in [0.29, 0.717) is 26.1 Å². The fraction of sp³-hybridized carbons (Fsp3) is 0.500. The van der Waals surface area contributed by atoms with Crippen molar-refractivity contribution in [1.82, 2.24) is 10.2 Å². The highest BCUT2D eigenvalue weighted by atomic mass is 16.5. The highest BCUT2D eigenvalue weighted by Gasteiger charge is 2.39. The molecule has 2 saturated heterocycles. The van der Waals surface area contributed by atoms with Crippen molar-refractivity contribution in [2.24, 2.45) is 4.99 Å². The monoisotopic (exact) mass is 405 g/mol. The molecular weight excluding hydrogens is 381 g/mol. The van der Waals surface area contributed by atoms with E-state index >= 15 is 0 Å². The van der Waals surface area contributed by atoms with Crippen LogP contribution < -0.4 is 10.1 Å². The van der Waals surface area contributed by atoms with Gasteiger partial charge in [-0.3, -0.25) is 9.79 Å². The number of nitrogens with zero attached hydrogens (tertiary/aromatic N) is 2. The number of benzene rings is 1. The van der Waals surface area contributed by atoms with Gasteiger partial charge in [0.05, 0.1) is 25.2 Å². The first-order valence-corrected chi connectivity index (χ1v) is 9.39. The smallest absolute Gasteiger partial charge is 0.451 e. The molecule has 3 rings (SSSR count). The fourth-order valence-electron chi connectivity index (χ4n) is 3.54. The number of rotatable bonds is 8. The van der Waals surface area contributed by atoms with Crippen molar-refractivity contribution < 1.29 is 34.6 Å². The van der Waals surface area contributed by atoms with Crippen molar-refractivity contribution in [3.63, 3.8) is 0 Å². The zero-order valence-corrected chi connectivity index (χ0v) is 15.8. The zero-order valence-electron chi connectivity index (χ0n) is 15.8. The zero-order chi connectivity index (χ0) is 21.1. The standard InChI is InChI=1S/C18H24BN3O7/c1-20-11-6-13(21-7-11)17(24)22-8-12(9-22)29-14-3-2-10(4-5-19(27)28)16(23)15(14)18(25)26/h2-3,11-13,21,23,27-28H,1,4-9H2,(H,25,26)/t11-,13-/m0/s1. The predicted octanol–water partition coefficient (Wildman–Crippen LogP) is -0.874. The van der Waals surface area contributed by atoms with Crippen LogP contribution >= 0.6 is 0 Å². The molecule has 1 amide bonds. The largest absolute Gasteiger partial charge is 0.507 e. The maximum Gasteiger partial charge on any atom is 0.451 e. The molecule has 5 N–H and O–H groups in total. The van der Waals surface area contributed by atoms with Crippen molar-refractivity contribution in [2.45, 2.75) is 37.3 Å². The third kappa shape index (κ3) is 4.69. The third-order valence-electron chi connectivity index (χ3n) is 5.23. The van der Waals surface area contributed by atoms with Crippen LogP contribution in [0.2, 0.25) is 6.32 Å². The Hall–Kier alpha value is -2.63. The number of aromatic carboxylic acids is 1. The first-order chi connectivity index (χ1) is 13.8. The number of carbonyl (C=O) groups is 2. The molecule has 2 fully saturated rings. The predicted molar refractivity (Wildman–Crippen MR) is 105 cm³/mol. The molecule has 2 heterocycles. The van der Waals surface area contributed by atoms with E-state index in [-0.39, 0.29) is 53.7 Å². The Bertz CT molecular complexity index is 798. The second-order valence-corrected chi connectivity index (χ2v) is 7.29. The Kier molecular flexibility index (Phi) is 6.41. The lowest BCUT2D eigenvalue weighted by atomic mass is 9.82. The molecule has 0 aliphatic carbocycles. The minimum absolute atomic E-state index is 0.00955. The van der Waals surface area contributed by atoms with Crippen LogP contribution in [0.1, 0.15) is 22.3 Å². The molecule has 0 bridgehead atoms. The molecule has 1 aromatic carbocycles. The summed E-state index contributed by atoms with van der Waals surface area (Å²) in [7, 11) is -1.55. The van der Waals surface area contributed by atoms with E-state index in [1.807, 2.05) is 0 Å². The summed E-state index contributed by atoms with van der Waals surface area (Å²) in [5, 5.41) is 40.8. The number of phenols is 1. The summed E-state index contributed by atoms with van der Waals surface area (Å²) >= 11 is 0. The molecule has 10 nitrogen and oxygen atoms in total. The topological polar surface area (TPSA) is 152 Å². The van der Waals surface area contributed by atoms with Gasteiger partial charge in [0.2, 0.25) is 5.91 Å². The van der Waals surface area contributed by atoms with Gasteiger partial charge in [0.1, 0.15) is 23.2 Å². The molecular formula is C18H24BN3O7. The summed E-state index contributed by atoms with van der Waals surface area (Å²) in [6, 6.07) is 2.66. The Labute approximate surface area is 168 Å². The molecule has 1 aromatic rings. The SMILES string of the molecule is C=N[C@@H]1CN[C@H](C(=O)N2CC(Oc3ccc(CCB(O)O)c(O)c3C(=O)O)C2)C1.